The van der Waals surface area contributed by atoms with Crippen LogP contribution in [0.3, 0.4) is 0 Å². The van der Waals surface area contributed by atoms with Crippen LogP contribution in [0.15, 0.2) is 0 Å². The smallest absolute Gasteiger partial charge is 0.320 e. The number of nitrogens with zero attached hydrogens (tertiary/aromatic N) is 2. The Morgan fingerprint density at radius 1 is 1.15 bits per heavy atom. The summed E-state index contributed by atoms with van der Waals surface area (Å²) in [5, 5.41) is 9.25. The molecule has 0 aliphatic carbocycles. The number of urea groups is 1. The number of carboxylic acid groups (broad SMARTS) is 1. The maximum Gasteiger partial charge on any atom is 0.320 e. The number of rotatable bonds is 7. The Labute approximate surface area is 120 Å². The van der Waals surface area contributed by atoms with Crippen LogP contribution in [0.2, 0.25) is 0 Å². The van der Waals surface area contributed by atoms with Gasteiger partial charge >= 0.3 is 12.0 Å². The second-order valence-electron chi connectivity index (χ2n) is 5.11. The largest absolute Gasteiger partial charge is 0.481 e. The summed E-state index contributed by atoms with van der Waals surface area (Å²) in [6, 6.07) is -0.427. The first-order chi connectivity index (χ1) is 9.56. The van der Waals surface area contributed by atoms with Crippen LogP contribution in [0.1, 0.15) is 33.6 Å². The number of hydrogen-bond acceptors (Lipinski definition) is 3. The van der Waals surface area contributed by atoms with Gasteiger partial charge in [-0.15, -0.1) is 0 Å². The van der Waals surface area contributed by atoms with Crippen molar-refractivity contribution < 1.29 is 19.4 Å². The summed E-state index contributed by atoms with van der Waals surface area (Å²) in [5.41, 5.74) is 0. The predicted molar refractivity (Wildman–Crippen MR) is 75.7 cm³/mol. The molecule has 1 fully saturated rings. The Bertz CT molecular complexity index is 335. The van der Waals surface area contributed by atoms with Gasteiger partial charge in [-0.25, -0.2) is 4.79 Å². The van der Waals surface area contributed by atoms with E-state index in [1.807, 2.05) is 20.8 Å². The van der Waals surface area contributed by atoms with Crippen LogP contribution in [0.4, 0.5) is 4.79 Å². The molecule has 2 unspecified atom stereocenters. The first-order valence-electron chi connectivity index (χ1n) is 7.42. The minimum Gasteiger partial charge on any atom is -0.481 e. The van der Waals surface area contributed by atoms with Gasteiger partial charge in [0.15, 0.2) is 0 Å². The van der Waals surface area contributed by atoms with Gasteiger partial charge in [-0.2, -0.15) is 0 Å². The average molecular weight is 286 g/mol. The monoisotopic (exact) mass is 286 g/mol. The maximum absolute atomic E-state index is 12.6. The first-order valence-corrected chi connectivity index (χ1v) is 7.42. The fourth-order valence-corrected chi connectivity index (χ4v) is 2.57. The van der Waals surface area contributed by atoms with Gasteiger partial charge in [0.2, 0.25) is 0 Å². The third kappa shape index (κ3) is 3.85. The lowest BCUT2D eigenvalue weighted by Crippen LogP contribution is -2.52. The Kier molecular flexibility index (Phi) is 6.78. The molecule has 2 atom stereocenters. The van der Waals surface area contributed by atoms with Crippen molar-refractivity contribution in [2.24, 2.45) is 5.92 Å². The van der Waals surface area contributed by atoms with E-state index in [1.165, 1.54) is 0 Å². The highest BCUT2D eigenvalue weighted by Gasteiger charge is 2.40. The summed E-state index contributed by atoms with van der Waals surface area (Å²) in [7, 11) is 0. The Hall–Kier alpha value is -1.30. The highest BCUT2D eigenvalue weighted by molar-refractivity contribution is 5.77. The molecule has 1 saturated heterocycles. The third-order valence-electron chi connectivity index (χ3n) is 3.62. The van der Waals surface area contributed by atoms with Crippen LogP contribution in [-0.4, -0.2) is 65.8 Å². The molecule has 1 heterocycles. The van der Waals surface area contributed by atoms with E-state index in [9.17, 15) is 14.7 Å². The fourth-order valence-electron chi connectivity index (χ4n) is 2.57. The molecule has 1 aliphatic heterocycles. The number of carbonyl (C=O) groups excluding carboxylic acids is 1. The zero-order valence-electron chi connectivity index (χ0n) is 12.7. The second-order valence-corrected chi connectivity index (χ2v) is 5.11. The van der Waals surface area contributed by atoms with Crippen LogP contribution in [0, 0.1) is 5.92 Å². The summed E-state index contributed by atoms with van der Waals surface area (Å²) in [6.45, 7) is 8.36. The summed E-state index contributed by atoms with van der Waals surface area (Å²) < 4.78 is 5.29. The molecule has 0 saturated carbocycles. The van der Waals surface area contributed by atoms with Crippen molar-refractivity contribution in [2.75, 3.05) is 32.8 Å². The maximum atomic E-state index is 12.6. The van der Waals surface area contributed by atoms with Gasteiger partial charge in [0.25, 0.3) is 0 Å². The van der Waals surface area contributed by atoms with Crippen LogP contribution in [0.25, 0.3) is 0 Å². The van der Waals surface area contributed by atoms with Crippen molar-refractivity contribution in [2.45, 2.75) is 39.7 Å². The van der Waals surface area contributed by atoms with Crippen molar-refractivity contribution in [3.05, 3.63) is 0 Å². The SMILES string of the molecule is CCCN(CC)C(=O)N(CCC)C1COCC1C(=O)O. The molecule has 116 valence electrons. The highest BCUT2D eigenvalue weighted by atomic mass is 16.5. The van der Waals surface area contributed by atoms with E-state index in [2.05, 4.69) is 0 Å². The van der Waals surface area contributed by atoms with Crippen LogP contribution < -0.4 is 0 Å². The van der Waals surface area contributed by atoms with Gasteiger partial charge in [-0.3, -0.25) is 4.79 Å². The number of carboxylic acids is 1. The molecule has 0 bridgehead atoms. The third-order valence-corrected chi connectivity index (χ3v) is 3.62. The van der Waals surface area contributed by atoms with E-state index in [4.69, 9.17) is 4.74 Å². The predicted octanol–water partition coefficient (Wildman–Crippen LogP) is 1.65. The lowest BCUT2D eigenvalue weighted by atomic mass is 10.0. The molecular weight excluding hydrogens is 260 g/mol. The standard InChI is InChI=1S/C14H26N2O4/c1-4-7-15(6-3)14(19)16(8-5-2)12-10-20-9-11(12)13(17)18/h11-12H,4-10H2,1-3H3,(H,17,18). The number of amides is 2. The van der Waals surface area contributed by atoms with Gasteiger partial charge in [-0.05, 0) is 19.8 Å². The van der Waals surface area contributed by atoms with E-state index >= 15 is 0 Å². The zero-order valence-corrected chi connectivity index (χ0v) is 12.7. The topological polar surface area (TPSA) is 70.1 Å². The number of aliphatic carboxylic acids is 1. The molecule has 0 spiro atoms. The van der Waals surface area contributed by atoms with Gasteiger partial charge in [-0.1, -0.05) is 13.8 Å². The molecule has 0 aromatic carbocycles. The molecule has 1 aliphatic rings. The van der Waals surface area contributed by atoms with Gasteiger partial charge in [0, 0.05) is 19.6 Å². The molecule has 1 N–H and O–H groups in total. The summed E-state index contributed by atoms with van der Waals surface area (Å²) in [5.74, 6) is -1.51. The summed E-state index contributed by atoms with van der Waals surface area (Å²) >= 11 is 0. The summed E-state index contributed by atoms with van der Waals surface area (Å²) in [6.07, 6.45) is 1.70. The average Bonchev–Trinajstić information content (AvgIpc) is 2.90. The van der Waals surface area contributed by atoms with Gasteiger partial charge in [0.1, 0.15) is 5.92 Å². The number of carbonyl (C=O) groups is 2. The lowest BCUT2D eigenvalue weighted by molar-refractivity contribution is -0.142. The number of ether oxygens (including phenoxy) is 1. The lowest BCUT2D eigenvalue weighted by Gasteiger charge is -2.34. The van der Waals surface area contributed by atoms with Gasteiger partial charge < -0.3 is 19.6 Å². The molecule has 0 aromatic rings. The van der Waals surface area contributed by atoms with E-state index < -0.39 is 11.9 Å². The first kappa shape index (κ1) is 16.8. The molecule has 0 aromatic heterocycles. The van der Waals surface area contributed by atoms with Crippen LogP contribution in [-0.2, 0) is 9.53 Å². The van der Waals surface area contributed by atoms with Crippen molar-refractivity contribution in [3.63, 3.8) is 0 Å². The minimum atomic E-state index is -0.889. The molecular formula is C14H26N2O4. The molecule has 6 nitrogen and oxygen atoms in total. The van der Waals surface area contributed by atoms with Crippen molar-refractivity contribution in [1.29, 1.82) is 0 Å². The van der Waals surface area contributed by atoms with E-state index in [0.717, 1.165) is 12.8 Å². The highest BCUT2D eigenvalue weighted by Crippen LogP contribution is 2.22. The minimum absolute atomic E-state index is 0.0713. The fraction of sp³-hybridized carbons (Fsp3) is 0.857. The molecule has 0 radical (unpaired) electrons. The quantitative estimate of drug-likeness (QED) is 0.772. The van der Waals surface area contributed by atoms with E-state index in [-0.39, 0.29) is 18.7 Å². The Morgan fingerprint density at radius 3 is 2.30 bits per heavy atom. The normalized spacial score (nSPS) is 21.8. The van der Waals surface area contributed by atoms with E-state index in [0.29, 0.717) is 26.2 Å². The molecule has 6 heteroatoms. The zero-order chi connectivity index (χ0) is 15.1. The van der Waals surface area contributed by atoms with Gasteiger partial charge in [0.05, 0.1) is 19.3 Å². The van der Waals surface area contributed by atoms with Crippen molar-refractivity contribution >= 4 is 12.0 Å². The molecule has 2 amide bonds. The van der Waals surface area contributed by atoms with Crippen LogP contribution >= 0.6 is 0 Å². The number of hydrogen-bond donors (Lipinski definition) is 1. The molecule has 1 rings (SSSR count). The van der Waals surface area contributed by atoms with Crippen LogP contribution in [0.5, 0.6) is 0 Å². The molecule has 20 heavy (non-hydrogen) atoms. The second kappa shape index (κ2) is 8.09. The Morgan fingerprint density at radius 2 is 1.80 bits per heavy atom. The summed E-state index contributed by atoms with van der Waals surface area (Å²) in [4.78, 5) is 27.3. The van der Waals surface area contributed by atoms with Crippen molar-refractivity contribution in [3.8, 4) is 0 Å². The Balaban J connectivity index is 2.86. The van der Waals surface area contributed by atoms with E-state index in [1.54, 1.807) is 9.80 Å². The van der Waals surface area contributed by atoms with Crippen molar-refractivity contribution in [1.82, 2.24) is 9.80 Å².